The van der Waals surface area contributed by atoms with Crippen molar-refractivity contribution in [2.45, 2.75) is 5.41 Å². The quantitative estimate of drug-likeness (QED) is 0.639. The molecule has 1 atom stereocenters. The molecule has 2 aromatic carbocycles. The number of benzene rings is 2. The molecule has 1 aliphatic rings. The fourth-order valence-corrected chi connectivity index (χ4v) is 2.78. The zero-order valence-corrected chi connectivity index (χ0v) is 11.8. The second-order valence-electron chi connectivity index (χ2n) is 5.03. The van der Waals surface area contributed by atoms with E-state index >= 15 is 0 Å². The molecule has 0 saturated heterocycles. The van der Waals surface area contributed by atoms with E-state index in [1.807, 2.05) is 48.5 Å². The average molecular weight is 280 g/mol. The maximum absolute atomic E-state index is 11.8. The molecule has 21 heavy (non-hydrogen) atoms. The first-order valence-corrected chi connectivity index (χ1v) is 6.76. The third-order valence-electron chi connectivity index (χ3n) is 3.97. The molecule has 1 unspecified atom stereocenters. The molecule has 0 aromatic heterocycles. The van der Waals surface area contributed by atoms with Crippen molar-refractivity contribution in [3.8, 4) is 5.75 Å². The predicted octanol–water partition coefficient (Wildman–Crippen LogP) is 3.34. The Hall–Kier alpha value is -2.55. The lowest BCUT2D eigenvalue weighted by Crippen LogP contribution is -2.26. The van der Waals surface area contributed by atoms with Gasteiger partial charge in [-0.25, -0.2) is 4.79 Å². The highest BCUT2D eigenvalue weighted by Gasteiger charge is 2.40. The van der Waals surface area contributed by atoms with Crippen LogP contribution in [0.25, 0.3) is 0 Å². The number of esters is 1. The summed E-state index contributed by atoms with van der Waals surface area (Å²) < 4.78 is 10.6. The first kappa shape index (κ1) is 13.4. The van der Waals surface area contributed by atoms with Crippen LogP contribution in [0.5, 0.6) is 5.75 Å². The summed E-state index contributed by atoms with van der Waals surface area (Å²) in [6.45, 7) is 4.48. The second kappa shape index (κ2) is 5.09. The van der Waals surface area contributed by atoms with Gasteiger partial charge in [0.1, 0.15) is 12.4 Å². The van der Waals surface area contributed by atoms with Crippen LogP contribution in [-0.2, 0) is 10.2 Å². The lowest BCUT2D eigenvalue weighted by molar-refractivity contribution is 0.0600. The van der Waals surface area contributed by atoms with Crippen molar-refractivity contribution >= 4 is 5.97 Å². The zero-order chi connectivity index (χ0) is 14.9. The molecule has 1 heterocycles. The minimum atomic E-state index is -0.430. The van der Waals surface area contributed by atoms with Crippen LogP contribution in [0.15, 0.2) is 61.2 Å². The summed E-state index contributed by atoms with van der Waals surface area (Å²) in [4.78, 5) is 11.8. The van der Waals surface area contributed by atoms with Gasteiger partial charge in [0.25, 0.3) is 0 Å². The molecule has 0 fully saturated rings. The largest absolute Gasteiger partial charge is 0.492 e. The van der Waals surface area contributed by atoms with Gasteiger partial charge in [-0.15, -0.1) is 6.58 Å². The van der Waals surface area contributed by atoms with Crippen LogP contribution in [0, 0.1) is 0 Å². The van der Waals surface area contributed by atoms with Crippen molar-refractivity contribution in [1.82, 2.24) is 0 Å². The summed E-state index contributed by atoms with van der Waals surface area (Å²) >= 11 is 0. The van der Waals surface area contributed by atoms with Gasteiger partial charge in [0, 0.05) is 5.56 Å². The normalized spacial score (nSPS) is 19.5. The molecule has 2 aromatic rings. The molecule has 0 spiro atoms. The molecule has 0 aliphatic carbocycles. The Labute approximate surface area is 123 Å². The Balaban J connectivity index is 2.17. The van der Waals surface area contributed by atoms with E-state index in [-0.39, 0.29) is 5.97 Å². The monoisotopic (exact) mass is 280 g/mol. The molecule has 0 N–H and O–H groups in total. The number of hydrogen-bond acceptors (Lipinski definition) is 3. The van der Waals surface area contributed by atoms with Crippen LogP contribution in [-0.4, -0.2) is 19.7 Å². The van der Waals surface area contributed by atoms with E-state index < -0.39 is 5.41 Å². The Bertz CT molecular complexity index is 691. The number of carbonyl (C=O) groups is 1. The standard InChI is InChI=1S/C18H16O3/c1-3-18(14-7-5-4-6-8-14)12-21-16-10-9-13(11-15(16)18)17(19)20-2/h3-11H,1,12H2,2H3. The fraction of sp³-hybridized carbons (Fsp3) is 0.167. The molecule has 106 valence electrons. The first-order valence-electron chi connectivity index (χ1n) is 6.76. The Kier molecular flexibility index (Phi) is 3.26. The van der Waals surface area contributed by atoms with Gasteiger partial charge in [0.2, 0.25) is 0 Å². The van der Waals surface area contributed by atoms with Gasteiger partial charge < -0.3 is 9.47 Å². The first-order chi connectivity index (χ1) is 10.2. The maximum Gasteiger partial charge on any atom is 0.337 e. The van der Waals surface area contributed by atoms with Crippen molar-refractivity contribution in [1.29, 1.82) is 0 Å². The average Bonchev–Trinajstić information content (AvgIpc) is 2.94. The molecule has 0 bridgehead atoms. The second-order valence-corrected chi connectivity index (χ2v) is 5.03. The predicted molar refractivity (Wildman–Crippen MR) is 80.7 cm³/mol. The smallest absolute Gasteiger partial charge is 0.337 e. The Morgan fingerprint density at radius 2 is 2.05 bits per heavy atom. The number of methoxy groups -OCH3 is 1. The Morgan fingerprint density at radius 3 is 2.71 bits per heavy atom. The third-order valence-corrected chi connectivity index (χ3v) is 3.97. The van der Waals surface area contributed by atoms with Crippen molar-refractivity contribution in [2.24, 2.45) is 0 Å². The van der Waals surface area contributed by atoms with Crippen LogP contribution in [0.1, 0.15) is 21.5 Å². The molecule has 0 amide bonds. The van der Waals surface area contributed by atoms with Gasteiger partial charge in [-0.1, -0.05) is 36.4 Å². The van der Waals surface area contributed by atoms with Crippen molar-refractivity contribution in [3.63, 3.8) is 0 Å². The van der Waals surface area contributed by atoms with Gasteiger partial charge in [-0.3, -0.25) is 0 Å². The van der Waals surface area contributed by atoms with E-state index in [4.69, 9.17) is 9.47 Å². The van der Waals surface area contributed by atoms with Crippen LogP contribution < -0.4 is 4.74 Å². The highest BCUT2D eigenvalue weighted by atomic mass is 16.5. The van der Waals surface area contributed by atoms with Crippen molar-refractivity contribution < 1.29 is 14.3 Å². The van der Waals surface area contributed by atoms with Gasteiger partial charge in [-0.2, -0.15) is 0 Å². The molecule has 0 radical (unpaired) electrons. The SMILES string of the molecule is C=CC1(c2ccccc2)COc2ccc(C(=O)OC)cc21. The van der Waals surface area contributed by atoms with E-state index in [1.165, 1.54) is 7.11 Å². The van der Waals surface area contributed by atoms with Gasteiger partial charge in [0.15, 0.2) is 0 Å². The van der Waals surface area contributed by atoms with Crippen LogP contribution in [0.2, 0.25) is 0 Å². The van der Waals surface area contributed by atoms with E-state index in [0.717, 1.165) is 16.9 Å². The van der Waals surface area contributed by atoms with Crippen molar-refractivity contribution in [3.05, 3.63) is 77.9 Å². The minimum absolute atomic E-state index is 0.351. The van der Waals surface area contributed by atoms with Crippen LogP contribution in [0.3, 0.4) is 0 Å². The topological polar surface area (TPSA) is 35.5 Å². The summed E-state index contributed by atoms with van der Waals surface area (Å²) in [5, 5.41) is 0. The number of hydrogen-bond donors (Lipinski definition) is 0. The highest BCUT2D eigenvalue weighted by molar-refractivity contribution is 5.90. The van der Waals surface area contributed by atoms with E-state index in [2.05, 4.69) is 6.58 Å². The van der Waals surface area contributed by atoms with E-state index in [1.54, 1.807) is 6.07 Å². The van der Waals surface area contributed by atoms with Crippen LogP contribution in [0.4, 0.5) is 0 Å². The highest BCUT2D eigenvalue weighted by Crippen LogP contribution is 2.44. The summed E-state index contributed by atoms with van der Waals surface area (Å²) in [7, 11) is 1.38. The zero-order valence-electron chi connectivity index (χ0n) is 11.8. The minimum Gasteiger partial charge on any atom is -0.492 e. The fourth-order valence-electron chi connectivity index (χ4n) is 2.78. The van der Waals surface area contributed by atoms with Gasteiger partial charge in [0.05, 0.1) is 18.1 Å². The van der Waals surface area contributed by atoms with Gasteiger partial charge in [-0.05, 0) is 23.8 Å². The van der Waals surface area contributed by atoms with Crippen LogP contribution >= 0.6 is 0 Å². The lowest BCUT2D eigenvalue weighted by atomic mass is 9.76. The molecule has 3 nitrogen and oxygen atoms in total. The Morgan fingerprint density at radius 1 is 1.29 bits per heavy atom. The summed E-state index contributed by atoms with van der Waals surface area (Å²) in [5.41, 5.74) is 2.14. The van der Waals surface area contributed by atoms with Crippen molar-refractivity contribution in [2.75, 3.05) is 13.7 Å². The molecular formula is C18H16O3. The molecule has 0 saturated carbocycles. The summed E-state index contributed by atoms with van der Waals surface area (Å²) in [6, 6.07) is 15.4. The number of carbonyl (C=O) groups excluding carboxylic acids is 1. The summed E-state index contributed by atoms with van der Waals surface area (Å²) in [6.07, 6.45) is 1.88. The summed E-state index contributed by atoms with van der Waals surface area (Å²) in [5.74, 6) is 0.433. The third kappa shape index (κ3) is 2.02. The van der Waals surface area contributed by atoms with Gasteiger partial charge >= 0.3 is 5.97 Å². The van der Waals surface area contributed by atoms with E-state index in [9.17, 15) is 4.79 Å². The maximum atomic E-state index is 11.8. The lowest BCUT2D eigenvalue weighted by Gasteiger charge is -2.24. The molecular weight excluding hydrogens is 264 g/mol. The molecule has 3 heteroatoms. The molecule has 3 rings (SSSR count). The number of rotatable bonds is 3. The number of ether oxygens (including phenoxy) is 2. The van der Waals surface area contributed by atoms with E-state index in [0.29, 0.717) is 12.2 Å². The molecule has 1 aliphatic heterocycles. The number of fused-ring (bicyclic) bond motifs is 1.